The van der Waals surface area contributed by atoms with E-state index in [2.05, 4.69) is 25.5 Å². The number of nitrogens with zero attached hydrogens (tertiary/aromatic N) is 5. The first kappa shape index (κ1) is 22.8. The van der Waals surface area contributed by atoms with Crippen LogP contribution >= 0.6 is 0 Å². The van der Waals surface area contributed by atoms with Crippen LogP contribution in [0.2, 0.25) is 0 Å². The number of halogens is 4. The molecule has 1 aliphatic rings. The van der Waals surface area contributed by atoms with E-state index in [1.807, 2.05) is 18.7 Å². The molecule has 11 heteroatoms. The molecular weight excluding hydrogens is 440 g/mol. The van der Waals surface area contributed by atoms with Gasteiger partial charge in [-0.05, 0) is 44.5 Å². The molecule has 1 saturated heterocycles. The highest BCUT2D eigenvalue weighted by Crippen LogP contribution is 2.32. The second kappa shape index (κ2) is 8.89. The van der Waals surface area contributed by atoms with Crippen molar-refractivity contribution >= 4 is 17.6 Å². The minimum absolute atomic E-state index is 0.0203. The zero-order chi connectivity index (χ0) is 23.8. The molecule has 4 rings (SSSR count). The van der Waals surface area contributed by atoms with E-state index in [4.69, 9.17) is 4.74 Å². The Morgan fingerprint density at radius 3 is 2.36 bits per heavy atom. The average Bonchev–Trinajstić information content (AvgIpc) is 2.75. The highest BCUT2D eigenvalue weighted by atomic mass is 19.4. The molecule has 1 N–H and O–H groups in total. The molecule has 0 bridgehead atoms. The summed E-state index contributed by atoms with van der Waals surface area (Å²) in [6, 6.07) is 6.32. The SMILES string of the molecule is Cc1nnc(Nc2nc(N3C[C@@H](C)O[C@@H](C)C3)ncc2F)cc1-c1ccc(C(F)(F)F)cc1. The Bertz CT molecular complexity index is 1130. The van der Waals surface area contributed by atoms with Gasteiger partial charge in [-0.1, -0.05) is 12.1 Å². The van der Waals surface area contributed by atoms with Gasteiger partial charge >= 0.3 is 6.18 Å². The number of hydrogen-bond acceptors (Lipinski definition) is 7. The highest BCUT2D eigenvalue weighted by Gasteiger charge is 2.30. The Morgan fingerprint density at radius 1 is 1.06 bits per heavy atom. The van der Waals surface area contributed by atoms with Crippen molar-refractivity contribution in [3.05, 3.63) is 53.6 Å². The van der Waals surface area contributed by atoms with Crippen LogP contribution in [-0.2, 0) is 10.9 Å². The lowest BCUT2D eigenvalue weighted by atomic mass is 10.0. The van der Waals surface area contributed by atoms with Crippen LogP contribution in [-0.4, -0.2) is 45.5 Å². The Hall–Kier alpha value is -3.34. The molecule has 1 aromatic carbocycles. The minimum Gasteiger partial charge on any atom is -0.372 e. The molecular formula is C22H22F4N6O. The fourth-order valence-corrected chi connectivity index (χ4v) is 3.71. The van der Waals surface area contributed by atoms with E-state index >= 15 is 0 Å². The molecule has 3 aromatic rings. The molecule has 1 fully saturated rings. The van der Waals surface area contributed by atoms with Crippen molar-refractivity contribution in [1.29, 1.82) is 0 Å². The highest BCUT2D eigenvalue weighted by molar-refractivity contribution is 5.70. The molecule has 3 heterocycles. The third kappa shape index (κ3) is 5.19. The molecule has 2 atom stereocenters. The molecule has 174 valence electrons. The summed E-state index contributed by atoms with van der Waals surface area (Å²) < 4.78 is 58.8. The second-order valence-electron chi connectivity index (χ2n) is 7.96. The summed E-state index contributed by atoms with van der Waals surface area (Å²) in [7, 11) is 0. The monoisotopic (exact) mass is 462 g/mol. The van der Waals surface area contributed by atoms with E-state index in [9.17, 15) is 17.6 Å². The molecule has 0 radical (unpaired) electrons. The van der Waals surface area contributed by atoms with Crippen molar-refractivity contribution in [3.8, 4) is 11.1 Å². The number of alkyl halides is 3. The topological polar surface area (TPSA) is 76.1 Å². The van der Waals surface area contributed by atoms with Crippen LogP contribution < -0.4 is 10.2 Å². The van der Waals surface area contributed by atoms with Crippen molar-refractivity contribution in [3.63, 3.8) is 0 Å². The number of nitrogens with one attached hydrogen (secondary N) is 1. The molecule has 7 nitrogen and oxygen atoms in total. The summed E-state index contributed by atoms with van der Waals surface area (Å²) in [6.07, 6.45) is -3.38. The van der Waals surface area contributed by atoms with Gasteiger partial charge in [0.2, 0.25) is 5.95 Å². The number of rotatable bonds is 4. The van der Waals surface area contributed by atoms with E-state index in [0.29, 0.717) is 35.9 Å². The number of hydrogen-bond donors (Lipinski definition) is 1. The molecule has 2 aromatic heterocycles. The van der Waals surface area contributed by atoms with Crippen LogP contribution in [0.4, 0.5) is 35.1 Å². The summed E-state index contributed by atoms with van der Waals surface area (Å²) in [5.74, 6) is -0.207. The van der Waals surface area contributed by atoms with Gasteiger partial charge in [-0.25, -0.2) is 9.37 Å². The average molecular weight is 462 g/mol. The Morgan fingerprint density at radius 2 is 1.73 bits per heavy atom. The number of aromatic nitrogens is 4. The van der Waals surface area contributed by atoms with Crippen molar-refractivity contribution in [2.45, 2.75) is 39.2 Å². The zero-order valence-corrected chi connectivity index (χ0v) is 18.2. The maximum absolute atomic E-state index is 14.4. The summed E-state index contributed by atoms with van der Waals surface area (Å²) in [5, 5.41) is 10.9. The van der Waals surface area contributed by atoms with Gasteiger partial charge in [0.05, 0.1) is 29.7 Å². The van der Waals surface area contributed by atoms with Gasteiger partial charge in [0.25, 0.3) is 0 Å². The molecule has 0 saturated carbocycles. The lowest BCUT2D eigenvalue weighted by Crippen LogP contribution is -2.46. The van der Waals surface area contributed by atoms with Gasteiger partial charge < -0.3 is 15.0 Å². The van der Waals surface area contributed by atoms with Crippen molar-refractivity contribution in [2.24, 2.45) is 0 Å². The second-order valence-corrected chi connectivity index (χ2v) is 7.96. The largest absolute Gasteiger partial charge is 0.416 e. The first-order valence-electron chi connectivity index (χ1n) is 10.3. The lowest BCUT2D eigenvalue weighted by Gasteiger charge is -2.35. The van der Waals surface area contributed by atoms with Crippen molar-refractivity contribution < 1.29 is 22.3 Å². The number of morpholine rings is 1. The maximum Gasteiger partial charge on any atom is 0.416 e. The Labute approximate surface area is 187 Å². The van der Waals surface area contributed by atoms with Crippen LogP contribution in [0.15, 0.2) is 36.5 Å². The first-order valence-corrected chi connectivity index (χ1v) is 10.3. The predicted molar refractivity (Wildman–Crippen MR) is 115 cm³/mol. The van der Waals surface area contributed by atoms with E-state index in [1.54, 1.807) is 13.0 Å². The van der Waals surface area contributed by atoms with Gasteiger partial charge in [0.1, 0.15) is 0 Å². The van der Waals surface area contributed by atoms with E-state index in [-0.39, 0.29) is 23.8 Å². The van der Waals surface area contributed by atoms with E-state index in [0.717, 1.165) is 18.3 Å². The normalized spacial score (nSPS) is 18.9. The van der Waals surface area contributed by atoms with Crippen LogP contribution in [0.3, 0.4) is 0 Å². The molecule has 0 spiro atoms. The standard InChI is InChI=1S/C22H22F4N6O/c1-12-10-32(11-13(2)33-12)21-27-9-18(23)20(29-21)28-19-8-17(14(3)30-31-19)15-4-6-16(7-5-15)22(24,25)26/h4-9,12-13H,10-11H2,1-3H3,(H,27,28,29,31)/t12-,13+. The third-order valence-corrected chi connectivity index (χ3v) is 5.18. The molecule has 1 aliphatic heterocycles. The van der Waals surface area contributed by atoms with Crippen LogP contribution in [0.5, 0.6) is 0 Å². The van der Waals surface area contributed by atoms with Gasteiger partial charge in [-0.2, -0.15) is 23.3 Å². The first-order chi connectivity index (χ1) is 15.6. The quantitative estimate of drug-likeness (QED) is 0.561. The van der Waals surface area contributed by atoms with Crippen LogP contribution in [0.25, 0.3) is 11.1 Å². The van der Waals surface area contributed by atoms with Gasteiger partial charge in [-0.3, -0.25) is 0 Å². The van der Waals surface area contributed by atoms with Gasteiger partial charge in [0.15, 0.2) is 17.5 Å². The van der Waals surface area contributed by atoms with Crippen LogP contribution in [0, 0.1) is 12.7 Å². The number of anilines is 3. The number of aryl methyl sites for hydroxylation is 1. The fourth-order valence-electron chi connectivity index (χ4n) is 3.71. The predicted octanol–water partition coefficient (Wildman–Crippen LogP) is 4.76. The van der Waals surface area contributed by atoms with Gasteiger partial charge in [-0.15, -0.1) is 5.10 Å². The summed E-state index contributed by atoms with van der Waals surface area (Å²) in [4.78, 5) is 10.3. The Kier molecular flexibility index (Phi) is 6.15. The van der Waals surface area contributed by atoms with Crippen molar-refractivity contribution in [2.75, 3.05) is 23.3 Å². The molecule has 0 amide bonds. The number of ether oxygens (including phenoxy) is 1. The minimum atomic E-state index is -4.42. The molecule has 0 unspecified atom stereocenters. The van der Waals surface area contributed by atoms with E-state index < -0.39 is 17.6 Å². The summed E-state index contributed by atoms with van der Waals surface area (Å²) >= 11 is 0. The maximum atomic E-state index is 14.4. The van der Waals surface area contributed by atoms with Crippen LogP contribution in [0.1, 0.15) is 25.1 Å². The van der Waals surface area contributed by atoms with E-state index in [1.165, 1.54) is 12.1 Å². The van der Waals surface area contributed by atoms with Gasteiger partial charge in [0, 0.05) is 18.7 Å². The molecule has 33 heavy (non-hydrogen) atoms. The Balaban J connectivity index is 1.60. The molecule has 0 aliphatic carbocycles. The summed E-state index contributed by atoms with van der Waals surface area (Å²) in [6.45, 7) is 6.70. The fraction of sp³-hybridized carbons (Fsp3) is 0.364. The lowest BCUT2D eigenvalue weighted by molar-refractivity contribution is -0.137. The number of benzene rings is 1. The van der Waals surface area contributed by atoms with Crippen molar-refractivity contribution in [1.82, 2.24) is 20.2 Å². The summed E-state index contributed by atoms with van der Waals surface area (Å²) in [5.41, 5.74) is 0.859. The third-order valence-electron chi connectivity index (χ3n) is 5.18. The zero-order valence-electron chi connectivity index (χ0n) is 18.2. The smallest absolute Gasteiger partial charge is 0.372 e.